The Hall–Kier alpha value is -3.13. The van der Waals surface area contributed by atoms with E-state index in [0.29, 0.717) is 22.9 Å². The first-order chi connectivity index (χ1) is 14.0. The lowest BCUT2D eigenvalue weighted by atomic mass is 10.2. The highest BCUT2D eigenvalue weighted by molar-refractivity contribution is 7.99. The van der Waals surface area contributed by atoms with Crippen LogP contribution in [0.3, 0.4) is 0 Å². The fourth-order valence-electron chi connectivity index (χ4n) is 3.46. The second-order valence-electron chi connectivity index (χ2n) is 6.71. The van der Waals surface area contributed by atoms with Gasteiger partial charge in [0.2, 0.25) is 11.7 Å². The Morgan fingerprint density at radius 3 is 2.59 bits per heavy atom. The van der Waals surface area contributed by atoms with Gasteiger partial charge in [0.25, 0.3) is 5.56 Å². The minimum Gasteiger partial charge on any atom is -0.312 e. The number of benzene rings is 2. The molecule has 2 aromatic heterocycles. The molecule has 4 aromatic rings. The summed E-state index contributed by atoms with van der Waals surface area (Å²) in [6.45, 7) is 4.55. The van der Waals surface area contributed by atoms with Gasteiger partial charge in [0, 0.05) is 19.3 Å². The van der Waals surface area contributed by atoms with Gasteiger partial charge in [0.05, 0.1) is 16.7 Å². The molecule has 7 nitrogen and oxygen atoms in total. The molecule has 2 heterocycles. The second-order valence-corrected chi connectivity index (χ2v) is 7.65. The molecular weight excluding hydrogens is 386 g/mol. The third-order valence-corrected chi connectivity index (χ3v) is 5.86. The molecule has 8 heteroatoms. The number of amides is 1. The maximum atomic E-state index is 12.9. The molecule has 0 aliphatic rings. The quantitative estimate of drug-likeness (QED) is 0.476. The number of thioether (sulfide) groups is 1. The summed E-state index contributed by atoms with van der Waals surface area (Å²) < 4.78 is 3.31. The van der Waals surface area contributed by atoms with Gasteiger partial charge < -0.3 is 4.90 Å². The first-order valence-electron chi connectivity index (χ1n) is 9.34. The predicted molar refractivity (Wildman–Crippen MR) is 116 cm³/mol. The summed E-state index contributed by atoms with van der Waals surface area (Å²) in [5.41, 5.74) is 2.59. The molecule has 0 saturated carbocycles. The average molecular weight is 407 g/mol. The average Bonchev–Trinajstić information content (AvgIpc) is 3.16. The van der Waals surface area contributed by atoms with Crippen LogP contribution in [0.2, 0.25) is 0 Å². The normalized spacial score (nSPS) is 11.3. The molecule has 0 radical (unpaired) electrons. The maximum absolute atomic E-state index is 12.9. The Balaban J connectivity index is 1.68. The molecule has 0 bridgehead atoms. The Bertz CT molecular complexity index is 1280. The van der Waals surface area contributed by atoms with E-state index in [4.69, 9.17) is 0 Å². The molecule has 0 spiro atoms. The Labute approximate surface area is 172 Å². The molecule has 2 aromatic carbocycles. The van der Waals surface area contributed by atoms with Crippen molar-refractivity contribution in [1.29, 1.82) is 0 Å². The van der Waals surface area contributed by atoms with Crippen LogP contribution in [-0.2, 0) is 11.8 Å². The third kappa shape index (κ3) is 3.29. The molecule has 0 aliphatic carbocycles. The Morgan fingerprint density at radius 1 is 1.10 bits per heavy atom. The topological polar surface area (TPSA) is 72.5 Å². The van der Waals surface area contributed by atoms with Crippen molar-refractivity contribution in [2.24, 2.45) is 7.05 Å². The summed E-state index contributed by atoms with van der Waals surface area (Å²) in [6.07, 6.45) is 0. The van der Waals surface area contributed by atoms with Crippen molar-refractivity contribution in [2.45, 2.75) is 19.0 Å². The van der Waals surface area contributed by atoms with Gasteiger partial charge in [-0.05, 0) is 37.6 Å². The molecule has 1 amide bonds. The fourth-order valence-corrected chi connectivity index (χ4v) is 4.27. The van der Waals surface area contributed by atoms with E-state index < -0.39 is 0 Å². The van der Waals surface area contributed by atoms with E-state index in [-0.39, 0.29) is 17.2 Å². The number of carbonyl (C=O) groups excluding carboxylic acids is 1. The number of fused-ring (bicyclic) bond motifs is 3. The number of nitrogens with zero attached hydrogens (tertiary/aromatic N) is 5. The van der Waals surface area contributed by atoms with Gasteiger partial charge in [-0.3, -0.25) is 18.6 Å². The monoisotopic (exact) mass is 407 g/mol. The minimum atomic E-state index is -0.121. The molecule has 0 aliphatic heterocycles. The number of anilines is 1. The van der Waals surface area contributed by atoms with Crippen LogP contribution < -0.4 is 10.5 Å². The molecule has 0 N–H and O–H groups in total. The van der Waals surface area contributed by atoms with Crippen molar-refractivity contribution in [2.75, 3.05) is 17.2 Å². The van der Waals surface area contributed by atoms with E-state index in [1.165, 1.54) is 16.3 Å². The van der Waals surface area contributed by atoms with Gasteiger partial charge in [-0.15, -0.1) is 10.2 Å². The number of aryl methyl sites for hydroxylation is 2. The lowest BCUT2D eigenvalue weighted by Crippen LogP contribution is -2.32. The van der Waals surface area contributed by atoms with Crippen molar-refractivity contribution in [3.63, 3.8) is 0 Å². The van der Waals surface area contributed by atoms with E-state index in [1.807, 2.05) is 60.7 Å². The number of hydrogen-bond donors (Lipinski definition) is 0. The van der Waals surface area contributed by atoms with Crippen LogP contribution in [0, 0.1) is 6.92 Å². The van der Waals surface area contributed by atoms with Crippen LogP contribution in [0.1, 0.15) is 12.5 Å². The van der Waals surface area contributed by atoms with Crippen LogP contribution in [0.4, 0.5) is 5.69 Å². The molecule has 0 unspecified atom stereocenters. The van der Waals surface area contributed by atoms with Crippen molar-refractivity contribution in [1.82, 2.24) is 19.2 Å². The number of para-hydroxylation sites is 2. The highest BCUT2D eigenvalue weighted by Gasteiger charge is 2.19. The Kier molecular flexibility index (Phi) is 5.10. The zero-order valence-corrected chi connectivity index (χ0v) is 17.3. The minimum absolute atomic E-state index is 0.00215. The van der Waals surface area contributed by atoms with Gasteiger partial charge in [-0.2, -0.15) is 0 Å². The van der Waals surface area contributed by atoms with Gasteiger partial charge in [0.15, 0.2) is 5.16 Å². The number of carbonyl (C=O) groups is 1. The summed E-state index contributed by atoms with van der Waals surface area (Å²) in [4.78, 5) is 27.3. The summed E-state index contributed by atoms with van der Waals surface area (Å²) in [6, 6.07) is 15.2. The van der Waals surface area contributed by atoms with Crippen LogP contribution in [0.15, 0.2) is 58.5 Å². The largest absolute Gasteiger partial charge is 0.312 e. The zero-order valence-electron chi connectivity index (χ0n) is 16.5. The van der Waals surface area contributed by atoms with Gasteiger partial charge in [-0.25, -0.2) is 0 Å². The van der Waals surface area contributed by atoms with Gasteiger partial charge in [-0.1, -0.05) is 42.1 Å². The third-order valence-electron chi connectivity index (χ3n) is 4.94. The van der Waals surface area contributed by atoms with Crippen LogP contribution in [-0.4, -0.2) is 37.4 Å². The SMILES string of the molecule is CCN(C(=O)CSc1nnc2n(C)c(=O)c3ccccc3n12)c1ccccc1C. The first-order valence-corrected chi connectivity index (χ1v) is 10.3. The summed E-state index contributed by atoms with van der Waals surface area (Å²) in [5.74, 6) is 0.674. The van der Waals surface area contributed by atoms with Gasteiger partial charge >= 0.3 is 0 Å². The van der Waals surface area contributed by atoms with Crippen molar-refractivity contribution >= 4 is 40.0 Å². The molecule has 29 heavy (non-hydrogen) atoms. The van der Waals surface area contributed by atoms with Crippen LogP contribution >= 0.6 is 11.8 Å². The zero-order chi connectivity index (χ0) is 20.5. The van der Waals surface area contributed by atoms with E-state index >= 15 is 0 Å². The smallest absolute Gasteiger partial charge is 0.262 e. The molecular formula is C21H21N5O2S. The highest BCUT2D eigenvalue weighted by atomic mass is 32.2. The number of aromatic nitrogens is 4. The van der Waals surface area contributed by atoms with E-state index in [9.17, 15) is 9.59 Å². The number of rotatable bonds is 5. The molecule has 148 valence electrons. The van der Waals surface area contributed by atoms with E-state index in [2.05, 4.69) is 10.2 Å². The predicted octanol–water partition coefficient (Wildman–Crippen LogP) is 3.03. The lowest BCUT2D eigenvalue weighted by molar-refractivity contribution is -0.116. The summed E-state index contributed by atoms with van der Waals surface area (Å²) in [7, 11) is 1.68. The summed E-state index contributed by atoms with van der Waals surface area (Å²) in [5, 5.41) is 9.59. The molecule has 0 atom stereocenters. The van der Waals surface area contributed by atoms with E-state index in [1.54, 1.807) is 18.0 Å². The van der Waals surface area contributed by atoms with Crippen molar-refractivity contribution < 1.29 is 4.79 Å². The Morgan fingerprint density at radius 2 is 1.83 bits per heavy atom. The number of hydrogen-bond acceptors (Lipinski definition) is 5. The summed E-state index contributed by atoms with van der Waals surface area (Å²) >= 11 is 1.32. The fraction of sp³-hybridized carbons (Fsp3) is 0.238. The maximum Gasteiger partial charge on any atom is 0.262 e. The molecule has 0 saturated heterocycles. The lowest BCUT2D eigenvalue weighted by Gasteiger charge is -2.22. The molecule has 0 fully saturated rings. The standard InChI is InChI=1S/C21H21N5O2S/c1-4-25(16-11-7-5-9-14(16)2)18(27)13-29-21-23-22-20-24(3)19(28)15-10-6-8-12-17(15)26(20)21/h5-12H,4,13H2,1-3H3. The van der Waals surface area contributed by atoms with Crippen molar-refractivity contribution in [3.8, 4) is 0 Å². The second kappa shape index (κ2) is 7.71. The van der Waals surface area contributed by atoms with Crippen LogP contribution in [0.5, 0.6) is 0 Å². The van der Waals surface area contributed by atoms with Crippen LogP contribution in [0.25, 0.3) is 16.7 Å². The molecule has 4 rings (SSSR count). The highest BCUT2D eigenvalue weighted by Crippen LogP contribution is 2.24. The van der Waals surface area contributed by atoms with Crippen molar-refractivity contribution in [3.05, 3.63) is 64.4 Å². The van der Waals surface area contributed by atoms with E-state index in [0.717, 1.165) is 16.8 Å². The van der Waals surface area contributed by atoms with Gasteiger partial charge in [0.1, 0.15) is 0 Å². The first kappa shape index (κ1) is 19.2.